The molecule has 9 heteroatoms. The highest BCUT2D eigenvalue weighted by Crippen LogP contribution is 2.24. The average Bonchev–Trinajstić information content (AvgIpc) is 3.40. The third-order valence-corrected chi connectivity index (χ3v) is 5.65. The summed E-state index contributed by atoms with van der Waals surface area (Å²) < 4.78 is 10.9. The molecule has 0 amide bonds. The van der Waals surface area contributed by atoms with Gasteiger partial charge in [-0.3, -0.25) is 0 Å². The minimum atomic E-state index is -0.338. The van der Waals surface area contributed by atoms with Gasteiger partial charge in [0.05, 0.1) is 24.5 Å². The van der Waals surface area contributed by atoms with Crippen molar-refractivity contribution >= 4 is 23.3 Å². The minimum absolute atomic E-state index is 0.144. The Kier molecular flexibility index (Phi) is 7.77. The summed E-state index contributed by atoms with van der Waals surface area (Å²) in [6.45, 7) is 8.89. The van der Waals surface area contributed by atoms with Crippen LogP contribution in [0.1, 0.15) is 53.1 Å². The summed E-state index contributed by atoms with van der Waals surface area (Å²) >= 11 is 1.33. The molecule has 1 unspecified atom stereocenters. The number of nitrogens with zero attached hydrogens (tertiary/aromatic N) is 3. The van der Waals surface area contributed by atoms with Crippen LogP contribution in [0.4, 0.5) is 0 Å². The van der Waals surface area contributed by atoms with Crippen molar-refractivity contribution in [2.24, 2.45) is 4.99 Å². The van der Waals surface area contributed by atoms with E-state index in [2.05, 4.69) is 25.6 Å². The molecule has 0 saturated heterocycles. The number of ether oxygens (including phenoxy) is 1. The van der Waals surface area contributed by atoms with E-state index in [4.69, 9.17) is 9.15 Å². The molecule has 8 nitrogen and oxygen atoms in total. The number of benzene rings is 1. The first kappa shape index (κ1) is 22.5. The van der Waals surface area contributed by atoms with Crippen molar-refractivity contribution in [2.75, 3.05) is 13.2 Å². The second kappa shape index (κ2) is 10.7. The van der Waals surface area contributed by atoms with Crippen LogP contribution in [0.15, 0.2) is 45.9 Å². The number of thiazole rings is 1. The van der Waals surface area contributed by atoms with Crippen LogP contribution in [0.25, 0.3) is 11.3 Å². The Hall–Kier alpha value is -3.20. The van der Waals surface area contributed by atoms with Crippen molar-refractivity contribution < 1.29 is 13.9 Å². The highest BCUT2D eigenvalue weighted by molar-refractivity contribution is 7.13. The molecule has 2 N–H and O–H groups in total. The molecule has 0 aliphatic heterocycles. The van der Waals surface area contributed by atoms with Gasteiger partial charge in [-0.2, -0.15) is 0 Å². The van der Waals surface area contributed by atoms with Crippen LogP contribution in [0.3, 0.4) is 0 Å². The zero-order valence-electron chi connectivity index (χ0n) is 18.1. The van der Waals surface area contributed by atoms with E-state index in [1.165, 1.54) is 11.3 Å². The second-order valence-electron chi connectivity index (χ2n) is 6.73. The van der Waals surface area contributed by atoms with Crippen LogP contribution in [0, 0.1) is 6.92 Å². The zero-order valence-corrected chi connectivity index (χ0v) is 19.0. The molecule has 0 spiro atoms. The highest BCUT2D eigenvalue weighted by atomic mass is 32.1. The maximum absolute atomic E-state index is 12.1. The Morgan fingerprint density at radius 1 is 1.29 bits per heavy atom. The van der Waals surface area contributed by atoms with Gasteiger partial charge in [0.1, 0.15) is 16.4 Å². The summed E-state index contributed by atoms with van der Waals surface area (Å²) in [6.07, 6.45) is 1.71. The van der Waals surface area contributed by atoms with Crippen molar-refractivity contribution in [3.8, 4) is 11.3 Å². The van der Waals surface area contributed by atoms with Crippen molar-refractivity contribution in [1.29, 1.82) is 0 Å². The molecule has 1 atom stereocenters. The molecule has 0 fully saturated rings. The largest absolute Gasteiger partial charge is 0.462 e. The van der Waals surface area contributed by atoms with Gasteiger partial charge in [-0.25, -0.2) is 19.8 Å². The molecule has 31 heavy (non-hydrogen) atoms. The van der Waals surface area contributed by atoms with Gasteiger partial charge < -0.3 is 19.8 Å². The van der Waals surface area contributed by atoms with Gasteiger partial charge in [0, 0.05) is 12.1 Å². The topological polar surface area (TPSA) is 102 Å². The summed E-state index contributed by atoms with van der Waals surface area (Å²) in [5, 5.41) is 7.32. The van der Waals surface area contributed by atoms with Gasteiger partial charge in [0.2, 0.25) is 5.89 Å². The van der Waals surface area contributed by atoms with Crippen LogP contribution >= 0.6 is 11.3 Å². The van der Waals surface area contributed by atoms with E-state index < -0.39 is 0 Å². The molecular weight excluding hydrogens is 414 g/mol. The SMILES string of the molecule is CCNC(=NCc1ncc(-c2ccccc2)o1)NC(C)c1nc(C)c(C(=O)OCC)s1. The van der Waals surface area contributed by atoms with E-state index in [-0.39, 0.29) is 12.0 Å². The number of hydrogen-bond acceptors (Lipinski definition) is 7. The summed E-state index contributed by atoms with van der Waals surface area (Å²) in [4.78, 5) is 26.0. The molecule has 3 rings (SSSR count). The molecule has 164 valence electrons. The van der Waals surface area contributed by atoms with Crippen molar-refractivity contribution in [2.45, 2.75) is 40.3 Å². The van der Waals surface area contributed by atoms with E-state index in [1.54, 1.807) is 13.1 Å². The molecule has 0 aliphatic carbocycles. The number of hydrogen-bond donors (Lipinski definition) is 2. The third kappa shape index (κ3) is 5.91. The molecule has 0 radical (unpaired) electrons. The fraction of sp³-hybridized carbons (Fsp3) is 0.364. The monoisotopic (exact) mass is 441 g/mol. The number of oxazole rings is 1. The molecule has 3 aromatic rings. The van der Waals surface area contributed by atoms with E-state index in [0.717, 1.165) is 10.6 Å². The second-order valence-corrected chi connectivity index (χ2v) is 7.76. The Balaban J connectivity index is 1.68. The summed E-state index contributed by atoms with van der Waals surface area (Å²) in [5.41, 5.74) is 1.64. The fourth-order valence-electron chi connectivity index (χ4n) is 2.84. The maximum atomic E-state index is 12.1. The lowest BCUT2D eigenvalue weighted by Gasteiger charge is -2.15. The highest BCUT2D eigenvalue weighted by Gasteiger charge is 2.20. The number of carbonyl (C=O) groups is 1. The number of guanidine groups is 1. The molecule has 2 aromatic heterocycles. The Labute approximate surface area is 185 Å². The molecule has 1 aromatic carbocycles. The first-order valence-electron chi connectivity index (χ1n) is 10.2. The number of rotatable bonds is 8. The summed E-state index contributed by atoms with van der Waals surface area (Å²) in [6, 6.07) is 9.67. The van der Waals surface area contributed by atoms with Crippen LogP contribution in [-0.2, 0) is 11.3 Å². The lowest BCUT2D eigenvalue weighted by atomic mass is 10.2. The average molecular weight is 442 g/mol. The number of carbonyl (C=O) groups excluding carboxylic acids is 1. The summed E-state index contributed by atoms with van der Waals surface area (Å²) in [5.74, 6) is 1.51. The Morgan fingerprint density at radius 3 is 2.77 bits per heavy atom. The summed E-state index contributed by atoms with van der Waals surface area (Å²) in [7, 11) is 0. The molecule has 2 heterocycles. The van der Waals surface area contributed by atoms with Gasteiger partial charge in [-0.15, -0.1) is 11.3 Å². The normalized spacial score (nSPS) is 12.5. The van der Waals surface area contributed by atoms with Gasteiger partial charge in [-0.05, 0) is 27.7 Å². The van der Waals surface area contributed by atoms with E-state index in [0.29, 0.717) is 47.9 Å². The van der Waals surface area contributed by atoms with Crippen molar-refractivity contribution in [3.05, 3.63) is 58.0 Å². The lowest BCUT2D eigenvalue weighted by Crippen LogP contribution is -2.38. The zero-order chi connectivity index (χ0) is 22.2. The first-order chi connectivity index (χ1) is 15.0. The van der Waals surface area contributed by atoms with Gasteiger partial charge >= 0.3 is 5.97 Å². The number of aromatic nitrogens is 2. The molecular formula is C22H27N5O3S. The predicted octanol–water partition coefficient (Wildman–Crippen LogP) is 4.10. The quantitative estimate of drug-likeness (QED) is 0.308. The Bertz CT molecular complexity index is 1030. The molecule has 0 saturated carbocycles. The Morgan fingerprint density at radius 2 is 2.06 bits per heavy atom. The fourth-order valence-corrected chi connectivity index (χ4v) is 3.80. The number of aryl methyl sites for hydroxylation is 1. The maximum Gasteiger partial charge on any atom is 0.350 e. The smallest absolute Gasteiger partial charge is 0.350 e. The van der Waals surface area contributed by atoms with Gasteiger partial charge in [0.25, 0.3) is 0 Å². The number of esters is 1. The first-order valence-corrected chi connectivity index (χ1v) is 11.0. The van der Waals surface area contributed by atoms with E-state index in [1.807, 2.05) is 51.1 Å². The van der Waals surface area contributed by atoms with Crippen LogP contribution in [0.5, 0.6) is 0 Å². The number of aliphatic imine (C=N–C) groups is 1. The van der Waals surface area contributed by atoms with Crippen molar-refractivity contribution in [3.63, 3.8) is 0 Å². The van der Waals surface area contributed by atoms with Crippen LogP contribution < -0.4 is 10.6 Å². The minimum Gasteiger partial charge on any atom is -0.462 e. The standard InChI is InChI=1S/C22H27N5O3S/c1-5-23-22(25-13-18-24-12-17(30-18)16-10-8-7-9-11-16)27-15(4)20-26-14(3)19(31-20)21(28)29-6-2/h7-12,15H,5-6,13H2,1-4H3,(H2,23,25,27). The van der Waals surface area contributed by atoms with E-state index in [9.17, 15) is 4.79 Å². The van der Waals surface area contributed by atoms with Crippen molar-refractivity contribution in [1.82, 2.24) is 20.6 Å². The van der Waals surface area contributed by atoms with Gasteiger partial charge in [0.15, 0.2) is 11.7 Å². The van der Waals surface area contributed by atoms with Crippen LogP contribution in [-0.4, -0.2) is 35.0 Å². The molecule has 0 bridgehead atoms. The predicted molar refractivity (Wildman–Crippen MR) is 121 cm³/mol. The molecule has 0 aliphatic rings. The van der Waals surface area contributed by atoms with Gasteiger partial charge in [-0.1, -0.05) is 30.3 Å². The van der Waals surface area contributed by atoms with Crippen LogP contribution in [0.2, 0.25) is 0 Å². The lowest BCUT2D eigenvalue weighted by molar-refractivity contribution is 0.0531. The number of nitrogens with one attached hydrogen (secondary N) is 2. The third-order valence-electron chi connectivity index (χ3n) is 4.33. The van der Waals surface area contributed by atoms with E-state index >= 15 is 0 Å².